The van der Waals surface area contributed by atoms with E-state index in [1.165, 1.54) is 0 Å². The quantitative estimate of drug-likeness (QED) is 0.395. The third-order valence-corrected chi connectivity index (χ3v) is 5.79. The van der Waals surface area contributed by atoms with Crippen LogP contribution in [0.5, 0.6) is 11.6 Å². The molecule has 1 aliphatic rings. The third-order valence-electron chi connectivity index (χ3n) is 5.79. The van der Waals surface area contributed by atoms with Crippen molar-refractivity contribution in [1.29, 1.82) is 0 Å². The number of carbonyl (C=O) groups is 2. The van der Waals surface area contributed by atoms with Crippen LogP contribution in [0.15, 0.2) is 55.0 Å². The van der Waals surface area contributed by atoms with E-state index in [2.05, 4.69) is 20.3 Å². The summed E-state index contributed by atoms with van der Waals surface area (Å²) in [6, 6.07) is 10.3. The molecule has 1 amide bonds. The van der Waals surface area contributed by atoms with E-state index in [9.17, 15) is 9.59 Å². The Morgan fingerprint density at radius 1 is 1.13 bits per heavy atom. The number of hydrogen-bond donors (Lipinski definition) is 1. The lowest BCUT2D eigenvalue weighted by molar-refractivity contribution is 0.0234. The van der Waals surface area contributed by atoms with Crippen LogP contribution in [0.4, 0.5) is 10.5 Å². The maximum atomic E-state index is 12.7. The van der Waals surface area contributed by atoms with Crippen molar-refractivity contribution in [3.8, 4) is 23.0 Å². The Bertz CT molecular complexity index is 1240. The number of pyridine rings is 1. The summed E-state index contributed by atoms with van der Waals surface area (Å²) >= 11 is 0. The molecule has 0 spiro atoms. The molecule has 1 fully saturated rings. The molecule has 1 aromatic carbocycles. The fourth-order valence-electron chi connectivity index (χ4n) is 4.02. The molecule has 4 rings (SSSR count). The van der Waals surface area contributed by atoms with E-state index in [1.54, 1.807) is 54.7 Å². The summed E-state index contributed by atoms with van der Waals surface area (Å²) in [5.41, 5.74) is 1.19. The Morgan fingerprint density at radius 2 is 1.92 bits per heavy atom. The van der Waals surface area contributed by atoms with Crippen molar-refractivity contribution in [3.05, 3.63) is 60.6 Å². The molecule has 10 nitrogen and oxygen atoms in total. The van der Waals surface area contributed by atoms with E-state index < -0.39 is 11.6 Å². The second kappa shape index (κ2) is 11.9. The number of ether oxygens (including phenoxy) is 3. The minimum atomic E-state index is -0.558. The number of esters is 1. The van der Waals surface area contributed by atoms with E-state index >= 15 is 0 Å². The number of likely N-dealkylation sites (tertiary alicyclic amines) is 1. The van der Waals surface area contributed by atoms with Crippen LogP contribution in [-0.2, 0) is 9.47 Å². The lowest BCUT2D eigenvalue weighted by Crippen LogP contribution is -2.42. The van der Waals surface area contributed by atoms with E-state index in [-0.39, 0.29) is 12.1 Å². The second-order valence-electron chi connectivity index (χ2n) is 9.85. The van der Waals surface area contributed by atoms with Crippen molar-refractivity contribution in [1.82, 2.24) is 19.9 Å². The normalized spacial score (nSPS) is 15.2. The van der Waals surface area contributed by atoms with Crippen molar-refractivity contribution < 1.29 is 23.8 Å². The topological polar surface area (TPSA) is 116 Å². The minimum Gasteiger partial charge on any atom is -0.462 e. The van der Waals surface area contributed by atoms with Gasteiger partial charge in [0.2, 0.25) is 5.88 Å². The maximum Gasteiger partial charge on any atom is 0.410 e. The number of nitrogens with zero attached hydrogens (tertiary/aromatic N) is 4. The Balaban J connectivity index is 1.54. The van der Waals surface area contributed by atoms with Crippen LogP contribution in [0.2, 0.25) is 0 Å². The predicted molar refractivity (Wildman–Crippen MR) is 142 cm³/mol. The van der Waals surface area contributed by atoms with Crippen LogP contribution in [-0.4, -0.2) is 63.3 Å². The summed E-state index contributed by atoms with van der Waals surface area (Å²) in [7, 11) is 0. The number of hydrogen-bond acceptors (Lipinski definition) is 9. The minimum absolute atomic E-state index is 0.0421. The van der Waals surface area contributed by atoms with Crippen LogP contribution in [0, 0.1) is 0 Å². The summed E-state index contributed by atoms with van der Waals surface area (Å²) in [5, 5.41) is 3.36. The van der Waals surface area contributed by atoms with Gasteiger partial charge in [0.15, 0.2) is 5.82 Å². The summed E-state index contributed by atoms with van der Waals surface area (Å²) in [6.45, 7) is 8.77. The maximum absolute atomic E-state index is 12.7. The zero-order valence-electron chi connectivity index (χ0n) is 22.1. The number of amides is 1. The van der Waals surface area contributed by atoms with Crippen LogP contribution in [0.25, 0.3) is 11.4 Å². The Hall–Kier alpha value is -4.21. The lowest BCUT2D eigenvalue weighted by atomic mass is 10.2. The van der Waals surface area contributed by atoms with E-state index in [0.29, 0.717) is 48.4 Å². The van der Waals surface area contributed by atoms with Gasteiger partial charge in [-0.2, -0.15) is 4.98 Å². The summed E-state index contributed by atoms with van der Waals surface area (Å²) in [5.74, 6) is 0.865. The number of anilines is 1. The van der Waals surface area contributed by atoms with Crippen LogP contribution in [0.1, 0.15) is 50.9 Å². The molecule has 0 aliphatic carbocycles. The molecule has 200 valence electrons. The molecule has 10 heteroatoms. The Morgan fingerprint density at radius 3 is 2.61 bits per heavy atom. The van der Waals surface area contributed by atoms with Crippen molar-refractivity contribution in [2.24, 2.45) is 0 Å². The molecular weight excluding hydrogens is 486 g/mol. The molecular formula is C28H33N5O5. The monoisotopic (exact) mass is 519 g/mol. The summed E-state index contributed by atoms with van der Waals surface area (Å²) in [6.07, 6.45) is 6.45. The average Bonchev–Trinajstić information content (AvgIpc) is 3.37. The van der Waals surface area contributed by atoms with Crippen molar-refractivity contribution in [3.63, 3.8) is 0 Å². The van der Waals surface area contributed by atoms with E-state index in [0.717, 1.165) is 18.4 Å². The summed E-state index contributed by atoms with van der Waals surface area (Å²) < 4.78 is 16.8. The molecule has 0 saturated carbocycles. The molecule has 1 aliphatic heterocycles. The predicted octanol–water partition coefficient (Wildman–Crippen LogP) is 5.32. The lowest BCUT2D eigenvalue weighted by Gasteiger charge is -2.29. The smallest absolute Gasteiger partial charge is 0.410 e. The first kappa shape index (κ1) is 26.8. The van der Waals surface area contributed by atoms with Gasteiger partial charge in [0.05, 0.1) is 24.4 Å². The van der Waals surface area contributed by atoms with Crippen molar-refractivity contribution >= 4 is 17.7 Å². The molecule has 3 heterocycles. The third kappa shape index (κ3) is 6.96. The molecule has 0 bridgehead atoms. The van der Waals surface area contributed by atoms with Gasteiger partial charge in [-0.15, -0.1) is 0 Å². The van der Waals surface area contributed by atoms with Gasteiger partial charge in [-0.05, 0) is 76.9 Å². The largest absolute Gasteiger partial charge is 0.462 e. The van der Waals surface area contributed by atoms with E-state index in [1.807, 2.05) is 32.9 Å². The zero-order valence-corrected chi connectivity index (χ0v) is 22.1. The summed E-state index contributed by atoms with van der Waals surface area (Å²) in [4.78, 5) is 39.7. The molecule has 1 N–H and O–H groups in total. The highest BCUT2D eigenvalue weighted by molar-refractivity contribution is 5.89. The van der Waals surface area contributed by atoms with Gasteiger partial charge in [-0.3, -0.25) is 4.98 Å². The number of rotatable bonds is 8. The Kier molecular flexibility index (Phi) is 8.40. The van der Waals surface area contributed by atoms with Crippen LogP contribution < -0.4 is 10.1 Å². The zero-order chi connectivity index (χ0) is 27.1. The number of aromatic nitrogens is 3. The standard InChI is InChI=1S/C28H33N5O5/c1-5-36-26(34)19-10-12-22(13-11-19)37-25-23(18-31-24(32-25)20-8-6-14-29-16-20)30-17-21-9-7-15-33(21)27(35)38-28(2,3)4/h6,8,10-14,16,18,21,30H,5,7,9,15,17H2,1-4H3. The molecule has 1 saturated heterocycles. The Labute approximate surface area is 222 Å². The van der Waals surface area contributed by atoms with Crippen molar-refractivity contribution in [2.75, 3.05) is 25.0 Å². The average molecular weight is 520 g/mol. The highest BCUT2D eigenvalue weighted by atomic mass is 16.6. The second-order valence-corrected chi connectivity index (χ2v) is 9.85. The number of carbonyl (C=O) groups excluding carboxylic acids is 2. The first-order valence-electron chi connectivity index (χ1n) is 12.7. The molecule has 2 aromatic heterocycles. The van der Waals surface area contributed by atoms with Crippen molar-refractivity contribution in [2.45, 2.75) is 52.2 Å². The molecule has 3 aromatic rings. The first-order chi connectivity index (χ1) is 18.2. The van der Waals surface area contributed by atoms with Gasteiger partial charge >= 0.3 is 12.1 Å². The van der Waals surface area contributed by atoms with Crippen LogP contribution in [0.3, 0.4) is 0 Å². The van der Waals surface area contributed by atoms with Gasteiger partial charge in [-0.1, -0.05) is 0 Å². The van der Waals surface area contributed by atoms with Crippen LogP contribution >= 0.6 is 0 Å². The molecule has 1 atom stereocenters. The molecule has 38 heavy (non-hydrogen) atoms. The SMILES string of the molecule is CCOC(=O)c1ccc(Oc2nc(-c3cccnc3)ncc2NCC2CCCN2C(=O)OC(C)(C)C)cc1. The van der Waals surface area contributed by atoms with Gasteiger partial charge in [0.25, 0.3) is 0 Å². The van der Waals surface area contributed by atoms with Gasteiger partial charge in [-0.25, -0.2) is 14.6 Å². The fourth-order valence-corrected chi connectivity index (χ4v) is 4.02. The molecule has 0 radical (unpaired) electrons. The number of benzene rings is 1. The van der Waals surface area contributed by atoms with E-state index in [4.69, 9.17) is 14.2 Å². The fraction of sp³-hybridized carbons (Fsp3) is 0.393. The first-order valence-corrected chi connectivity index (χ1v) is 12.7. The van der Waals surface area contributed by atoms with Gasteiger partial charge in [0.1, 0.15) is 17.0 Å². The molecule has 1 unspecified atom stereocenters. The van der Waals surface area contributed by atoms with Gasteiger partial charge in [0, 0.05) is 31.0 Å². The highest BCUT2D eigenvalue weighted by Crippen LogP contribution is 2.30. The van der Waals surface area contributed by atoms with Gasteiger partial charge < -0.3 is 24.4 Å². The highest BCUT2D eigenvalue weighted by Gasteiger charge is 2.32. The number of nitrogens with one attached hydrogen (secondary N) is 1.